The summed E-state index contributed by atoms with van der Waals surface area (Å²) in [4.78, 5) is 131. The van der Waals surface area contributed by atoms with Gasteiger partial charge < -0.3 is 62.2 Å². The van der Waals surface area contributed by atoms with Gasteiger partial charge in [0.1, 0.15) is 57.2 Å². The molecule has 30 heteroatoms. The minimum Gasteiger partial charge on any atom is -0.446 e. The molecule has 1 aromatic heterocycles. The largest absolute Gasteiger partial charge is 0.446 e. The van der Waals surface area contributed by atoms with E-state index in [2.05, 4.69) is 64.8 Å². The monoisotopic (exact) mass is 1470 g/mol. The maximum atomic E-state index is 14.6. The molecule has 6 fully saturated rings. The molecule has 3 aromatic carbocycles. The van der Waals surface area contributed by atoms with Crippen molar-refractivity contribution in [3.63, 3.8) is 0 Å². The average Bonchev–Trinajstić information content (AvgIpc) is 1.58. The number of sulfonamides is 2. The zero-order valence-electron chi connectivity index (χ0n) is 58.6. The predicted molar refractivity (Wildman–Crippen MR) is 387 cm³/mol. The number of carbonyl (C=O) groups excluding carboxylic acids is 9. The summed E-state index contributed by atoms with van der Waals surface area (Å²) in [7, 11) is -8.70. The normalized spacial score (nSPS) is 28.8. The van der Waals surface area contributed by atoms with Crippen molar-refractivity contribution in [3.8, 4) is 0 Å². The van der Waals surface area contributed by atoms with Gasteiger partial charge in [0.2, 0.25) is 23.6 Å². The topological polar surface area (TPSA) is 394 Å². The second-order valence-corrected chi connectivity index (χ2v) is 32.0. The van der Waals surface area contributed by atoms with E-state index in [9.17, 15) is 60.0 Å². The molecule has 2 spiro atoms. The number of rotatable bonds is 8. The van der Waals surface area contributed by atoms with Crippen LogP contribution < -0.4 is 52.4 Å². The van der Waals surface area contributed by atoms with Crippen molar-refractivity contribution in [1.29, 1.82) is 0 Å². The summed E-state index contributed by atoms with van der Waals surface area (Å²) < 4.78 is 70.0. The Bertz CT molecular complexity index is 4110. The highest BCUT2D eigenvalue weighted by molar-refractivity contribution is 7.90. The molecule has 0 unspecified atom stereocenters. The van der Waals surface area contributed by atoms with Crippen LogP contribution in [0.25, 0.3) is 10.9 Å². The number of hydrogen-bond acceptors (Lipinski definition) is 19. The van der Waals surface area contributed by atoms with E-state index in [0.717, 1.165) is 114 Å². The van der Waals surface area contributed by atoms with E-state index in [4.69, 9.17) is 15.2 Å². The van der Waals surface area contributed by atoms with Crippen LogP contribution in [-0.2, 0) is 58.3 Å². The molecule has 4 aliphatic carbocycles. The molecule has 560 valence electrons. The summed E-state index contributed by atoms with van der Waals surface area (Å²) in [5.41, 5.74) is 4.84. The molecule has 4 aromatic rings. The molecule has 9 amide bonds. The lowest BCUT2D eigenvalue weighted by atomic mass is 10.0. The van der Waals surface area contributed by atoms with Crippen molar-refractivity contribution in [3.05, 3.63) is 116 Å². The molecular formula is C74H97N13O15S2. The molecule has 4 saturated carbocycles. The minimum absolute atomic E-state index is 0.00844. The van der Waals surface area contributed by atoms with Gasteiger partial charge in [0.05, 0.1) is 16.9 Å². The summed E-state index contributed by atoms with van der Waals surface area (Å²) in [6.45, 7) is 8.60. The van der Waals surface area contributed by atoms with Gasteiger partial charge in [0.25, 0.3) is 37.8 Å². The Balaban J connectivity index is 0.000000214. The zero-order valence-corrected chi connectivity index (χ0v) is 60.2. The number of nitrogens with two attached hydrogens (primary N) is 1. The first-order valence-corrected chi connectivity index (χ1v) is 39.6. The molecule has 11 N–H and O–H groups in total. The van der Waals surface area contributed by atoms with E-state index < -0.39 is 133 Å². The van der Waals surface area contributed by atoms with Crippen LogP contribution >= 0.6 is 0 Å². The Morgan fingerprint density at radius 1 is 0.548 bits per heavy atom. The first-order chi connectivity index (χ1) is 50.0. The molecule has 2 saturated heterocycles. The number of hydrogen-bond donors (Lipinski definition) is 10. The second-order valence-electron chi connectivity index (χ2n) is 28.7. The Kier molecular flexibility index (Phi) is 24.6. The van der Waals surface area contributed by atoms with Gasteiger partial charge >= 0.3 is 12.2 Å². The quantitative estimate of drug-likeness (QED) is 0.0832. The maximum absolute atomic E-state index is 14.6. The van der Waals surface area contributed by atoms with Gasteiger partial charge in [0, 0.05) is 67.2 Å². The van der Waals surface area contributed by atoms with Crippen LogP contribution in [0.15, 0.2) is 120 Å². The number of carbonyl (C=O) groups is 9. The third-order valence-electron chi connectivity index (χ3n) is 21.2. The number of anilines is 2. The third-order valence-corrected chi connectivity index (χ3v) is 24.0. The van der Waals surface area contributed by atoms with E-state index in [1.165, 1.54) is 34.1 Å². The highest BCUT2D eigenvalue weighted by Gasteiger charge is 2.63. The number of benzene rings is 3. The minimum atomic E-state index is -4.39. The van der Waals surface area contributed by atoms with E-state index >= 15 is 0 Å². The number of aromatic nitrogens is 1. The van der Waals surface area contributed by atoms with Crippen molar-refractivity contribution < 1.29 is 69.5 Å². The molecule has 5 heterocycles. The maximum Gasteiger partial charge on any atom is 0.408 e. The van der Waals surface area contributed by atoms with Crippen LogP contribution in [0.4, 0.5) is 21.0 Å². The highest BCUT2D eigenvalue weighted by atomic mass is 32.2. The Hall–Kier alpha value is -9.16. The number of amides is 9. The second kappa shape index (κ2) is 33.7. The number of pyridine rings is 1. The lowest BCUT2D eigenvalue weighted by molar-refractivity contribution is -0.141. The molecule has 12 rings (SSSR count). The van der Waals surface area contributed by atoms with Crippen LogP contribution in [0.5, 0.6) is 0 Å². The standard InChI is InChI=1S/C42H51N7O8S.C32H46N6O7S/c1-2-29-25-42(29)40(53)48-58(55,56)36-18-10-9-16-33(36)44-21-11-5-3-4-6-17-34(46-41(54)57-31-14-7-8-15-31)39(52)49-26-30(24-35(49)38(51)47-42)45-37(50)28-19-20-32-27(23-28)13-12-22-43-32;1-2-21-19-32(21)30(41)37-46(43,44)27-16-10-9-14-24(27)34-17-11-5-3-4-6-15-25(35-31(42)45-23-12-7-8-13-23)29(40)38-20-22(33)18-26(38)28(39)36-32/h2,9-10,12-13,16,18-20,22-23,29-31,34-35,44H,1,3-8,11,14-15,17,21,24-26H2,(H,45,50)(H,46,54)(H,47,51)(H,48,53);2,9-10,14,16,21-23,25-26,34H,1,3-8,11-13,15,17-20,33H2,(H,35,42)(H,36,39)(H,37,41)/t29-,30-,34+,35+,42-;21-,22-,25+,26+,32-/m11/s1. The predicted octanol–water partition coefficient (Wildman–Crippen LogP) is 6.59. The number of fused-ring (bicyclic) bond motifs is 5. The van der Waals surface area contributed by atoms with Crippen molar-refractivity contribution in [1.82, 2.24) is 50.8 Å². The number of para-hydroxylation sites is 2. The van der Waals surface area contributed by atoms with Crippen LogP contribution in [-0.4, -0.2) is 171 Å². The SMILES string of the molecule is C=C[C@@H]1C[C@@]12NC(=O)[C@@H]1C[C@@H](N)CN1C(=O)[C@@H](NC(=O)OC1CCCC1)CCCCCCCNc1ccccc1S(=O)(=O)NC2=O.C=C[C@@H]1C[C@@]12NC(=O)[C@@H]1C[C@@H](NC(=O)c3ccc4ncccc4c3)CN1C(=O)[C@@H](NC(=O)OC1CCCC1)CCCCCCCNc1ccccc1S(=O)(=O)NC2=O. The summed E-state index contributed by atoms with van der Waals surface area (Å²) in [6.07, 6.45) is 18.6. The Morgan fingerprint density at radius 3 is 1.49 bits per heavy atom. The summed E-state index contributed by atoms with van der Waals surface area (Å²) in [6, 6.07) is 16.1. The Labute approximate surface area is 606 Å². The van der Waals surface area contributed by atoms with E-state index in [0.29, 0.717) is 55.7 Å². The van der Waals surface area contributed by atoms with Gasteiger partial charge in [-0.1, -0.05) is 93.9 Å². The van der Waals surface area contributed by atoms with Gasteiger partial charge in [-0.25, -0.2) is 35.9 Å². The molecule has 28 nitrogen and oxygen atoms in total. The van der Waals surface area contributed by atoms with E-state index in [1.807, 2.05) is 6.07 Å². The van der Waals surface area contributed by atoms with E-state index in [-0.39, 0.29) is 60.8 Å². The zero-order chi connectivity index (χ0) is 73.8. The van der Waals surface area contributed by atoms with Gasteiger partial charge in [-0.05, 0) is 151 Å². The van der Waals surface area contributed by atoms with Crippen LogP contribution in [0.3, 0.4) is 0 Å². The fourth-order valence-electron chi connectivity index (χ4n) is 15.2. The van der Waals surface area contributed by atoms with Crippen molar-refractivity contribution in [2.45, 2.75) is 223 Å². The fraction of sp³-hybridized carbons (Fsp3) is 0.541. The fourth-order valence-corrected chi connectivity index (χ4v) is 17.7. The third kappa shape index (κ3) is 18.3. The van der Waals surface area contributed by atoms with Crippen molar-refractivity contribution in [2.24, 2.45) is 17.6 Å². The molecule has 4 aliphatic heterocycles. The van der Waals surface area contributed by atoms with Gasteiger partial charge in [0.15, 0.2) is 0 Å². The summed E-state index contributed by atoms with van der Waals surface area (Å²) in [5.74, 6) is -5.64. The molecule has 10 atom stereocenters. The highest BCUT2D eigenvalue weighted by Crippen LogP contribution is 2.47. The smallest absolute Gasteiger partial charge is 0.408 e. The van der Waals surface area contributed by atoms with Crippen LogP contribution in [0, 0.1) is 11.8 Å². The van der Waals surface area contributed by atoms with E-state index in [1.54, 1.807) is 66.9 Å². The van der Waals surface area contributed by atoms with Gasteiger partial charge in [-0.15, -0.1) is 13.2 Å². The molecule has 0 bridgehead atoms. The molecule has 0 radical (unpaired) electrons. The number of nitrogens with one attached hydrogen (secondary N) is 9. The lowest BCUT2D eigenvalue weighted by Gasteiger charge is -2.30. The summed E-state index contributed by atoms with van der Waals surface area (Å²) in [5, 5.41) is 21.2. The van der Waals surface area contributed by atoms with Crippen LogP contribution in [0.1, 0.15) is 164 Å². The van der Waals surface area contributed by atoms with Crippen molar-refractivity contribution in [2.75, 3.05) is 36.8 Å². The van der Waals surface area contributed by atoms with Crippen LogP contribution in [0.2, 0.25) is 0 Å². The summed E-state index contributed by atoms with van der Waals surface area (Å²) >= 11 is 0. The Morgan fingerprint density at radius 2 is 1.00 bits per heavy atom. The lowest BCUT2D eigenvalue weighted by Crippen LogP contribution is -2.58. The van der Waals surface area contributed by atoms with Crippen molar-refractivity contribution >= 4 is 95.9 Å². The molecule has 104 heavy (non-hydrogen) atoms. The average molecular weight is 1470 g/mol. The molecular weight excluding hydrogens is 1380 g/mol. The number of ether oxygens (including phenoxy) is 2. The number of nitrogens with zero attached hydrogens (tertiary/aromatic N) is 3. The first kappa shape index (κ1) is 76.0. The molecule has 8 aliphatic rings. The van der Waals surface area contributed by atoms with Gasteiger partial charge in [-0.3, -0.25) is 38.5 Å². The number of alkyl carbamates (subject to hydrolysis) is 2. The first-order valence-electron chi connectivity index (χ1n) is 36.7. The van der Waals surface area contributed by atoms with Gasteiger partial charge in [-0.2, -0.15) is 0 Å².